The topological polar surface area (TPSA) is 71.6 Å². The van der Waals surface area contributed by atoms with Gasteiger partial charge in [0.05, 0.1) is 20.3 Å². The van der Waals surface area contributed by atoms with E-state index in [2.05, 4.69) is 16.2 Å². The molecule has 2 unspecified atom stereocenters. The number of methoxy groups -OCH3 is 2. The van der Waals surface area contributed by atoms with Crippen molar-refractivity contribution in [3.8, 4) is 11.5 Å². The Morgan fingerprint density at radius 2 is 1.96 bits per heavy atom. The van der Waals surface area contributed by atoms with Gasteiger partial charge in [-0.15, -0.1) is 0 Å². The molecule has 2 aromatic rings. The maximum Gasteiger partial charge on any atom is 0.238 e. The summed E-state index contributed by atoms with van der Waals surface area (Å²) < 4.78 is 37.3. The highest BCUT2D eigenvalue weighted by atomic mass is 19.1. The maximum absolute atomic E-state index is 13.7. The lowest BCUT2D eigenvalue weighted by Crippen LogP contribution is -2.43. The van der Waals surface area contributed by atoms with E-state index in [0.717, 1.165) is 17.7 Å². The molecule has 1 aliphatic rings. The summed E-state index contributed by atoms with van der Waals surface area (Å²) in [7, 11) is 3.16. The van der Waals surface area contributed by atoms with Gasteiger partial charge < -0.3 is 14.8 Å². The predicted molar refractivity (Wildman–Crippen MR) is 95.2 cm³/mol. The van der Waals surface area contributed by atoms with E-state index < -0.39 is 17.7 Å². The molecular weight excluding hydrogens is 356 g/mol. The molecule has 0 radical (unpaired) electrons. The molecule has 3 rings (SSSR count). The zero-order valence-corrected chi connectivity index (χ0v) is 15.0. The van der Waals surface area contributed by atoms with Crippen molar-refractivity contribution in [3.63, 3.8) is 0 Å². The highest BCUT2D eigenvalue weighted by Gasteiger charge is 2.31. The van der Waals surface area contributed by atoms with Gasteiger partial charge >= 0.3 is 0 Å². The molecule has 0 spiro atoms. The number of hydrogen-bond donors (Lipinski definition) is 3. The molecule has 2 aromatic carbocycles. The first-order chi connectivity index (χ1) is 13.0. The third-order valence-electron chi connectivity index (χ3n) is 4.50. The first-order valence-corrected chi connectivity index (χ1v) is 8.46. The molecule has 1 heterocycles. The number of hydrazine groups is 1. The quantitative estimate of drug-likeness (QED) is 0.720. The Morgan fingerprint density at radius 3 is 2.67 bits per heavy atom. The highest BCUT2D eigenvalue weighted by Crippen LogP contribution is 2.33. The Kier molecular flexibility index (Phi) is 5.88. The Balaban J connectivity index is 1.63. The Bertz CT molecular complexity index is 832. The van der Waals surface area contributed by atoms with Crippen molar-refractivity contribution in [2.75, 3.05) is 14.2 Å². The molecule has 1 saturated heterocycles. The zero-order valence-electron chi connectivity index (χ0n) is 15.0. The van der Waals surface area contributed by atoms with Gasteiger partial charge in [-0.05, 0) is 30.7 Å². The minimum Gasteiger partial charge on any atom is -0.497 e. The van der Waals surface area contributed by atoms with E-state index in [0.29, 0.717) is 17.9 Å². The molecular formula is C19H21F2N3O3. The predicted octanol–water partition coefficient (Wildman–Crippen LogP) is 2.21. The van der Waals surface area contributed by atoms with Crippen LogP contribution >= 0.6 is 0 Å². The normalized spacial score (nSPS) is 19.0. The SMILES string of the molecule is COc1ccc(OC)c(C2CC(C(=O)NCc3ccc(F)cc3F)NN2)c1. The molecule has 8 heteroatoms. The van der Waals surface area contributed by atoms with Gasteiger partial charge in [0.1, 0.15) is 29.2 Å². The number of benzene rings is 2. The van der Waals surface area contributed by atoms with Crippen molar-refractivity contribution in [3.05, 3.63) is 59.2 Å². The lowest BCUT2D eigenvalue weighted by Gasteiger charge is -2.15. The molecule has 6 nitrogen and oxygen atoms in total. The average Bonchev–Trinajstić information content (AvgIpc) is 3.16. The number of carbonyl (C=O) groups is 1. The van der Waals surface area contributed by atoms with E-state index in [1.165, 1.54) is 6.07 Å². The minimum absolute atomic E-state index is 0.0176. The maximum atomic E-state index is 13.7. The lowest BCUT2D eigenvalue weighted by atomic mass is 10.0. The summed E-state index contributed by atoms with van der Waals surface area (Å²) in [5.41, 5.74) is 7.11. The van der Waals surface area contributed by atoms with Crippen molar-refractivity contribution >= 4 is 5.91 Å². The summed E-state index contributed by atoms with van der Waals surface area (Å²) in [5, 5.41) is 2.66. The number of ether oxygens (including phenoxy) is 2. The van der Waals surface area contributed by atoms with Crippen LogP contribution in [-0.4, -0.2) is 26.2 Å². The van der Waals surface area contributed by atoms with Gasteiger partial charge in [0.25, 0.3) is 0 Å². The summed E-state index contributed by atoms with van der Waals surface area (Å²) in [6.45, 7) is -0.0176. The van der Waals surface area contributed by atoms with E-state index in [1.54, 1.807) is 26.4 Å². The summed E-state index contributed by atoms with van der Waals surface area (Å²) in [6, 6.07) is 8.06. The van der Waals surface area contributed by atoms with Crippen molar-refractivity contribution in [2.24, 2.45) is 0 Å². The molecule has 2 atom stereocenters. The van der Waals surface area contributed by atoms with Gasteiger partial charge in [-0.2, -0.15) is 0 Å². The van der Waals surface area contributed by atoms with Gasteiger partial charge in [0.15, 0.2) is 0 Å². The number of carbonyl (C=O) groups excluding carboxylic acids is 1. The van der Waals surface area contributed by atoms with E-state index in [-0.39, 0.29) is 24.1 Å². The molecule has 1 fully saturated rings. The van der Waals surface area contributed by atoms with Gasteiger partial charge in [-0.25, -0.2) is 19.6 Å². The largest absolute Gasteiger partial charge is 0.497 e. The zero-order chi connectivity index (χ0) is 19.4. The molecule has 0 aliphatic carbocycles. The van der Waals surface area contributed by atoms with E-state index >= 15 is 0 Å². The fraction of sp³-hybridized carbons (Fsp3) is 0.316. The van der Waals surface area contributed by atoms with Crippen LogP contribution in [0.1, 0.15) is 23.6 Å². The van der Waals surface area contributed by atoms with Crippen LogP contribution < -0.4 is 25.6 Å². The minimum atomic E-state index is -0.688. The third-order valence-corrected chi connectivity index (χ3v) is 4.50. The number of rotatable bonds is 6. The molecule has 27 heavy (non-hydrogen) atoms. The molecule has 1 aliphatic heterocycles. The second-order valence-corrected chi connectivity index (χ2v) is 6.19. The molecule has 0 bridgehead atoms. The van der Waals surface area contributed by atoms with Crippen molar-refractivity contribution in [1.29, 1.82) is 0 Å². The Morgan fingerprint density at radius 1 is 1.15 bits per heavy atom. The van der Waals surface area contributed by atoms with Gasteiger partial charge in [-0.1, -0.05) is 6.07 Å². The average molecular weight is 377 g/mol. The molecule has 1 amide bonds. The second-order valence-electron chi connectivity index (χ2n) is 6.19. The smallest absolute Gasteiger partial charge is 0.238 e. The van der Waals surface area contributed by atoms with E-state index in [9.17, 15) is 13.6 Å². The highest BCUT2D eigenvalue weighted by molar-refractivity contribution is 5.82. The summed E-state index contributed by atoms with van der Waals surface area (Å²) >= 11 is 0. The molecule has 144 valence electrons. The number of nitrogens with one attached hydrogen (secondary N) is 3. The van der Waals surface area contributed by atoms with Crippen molar-refractivity contribution in [1.82, 2.24) is 16.2 Å². The van der Waals surface area contributed by atoms with Crippen molar-refractivity contribution in [2.45, 2.75) is 25.0 Å². The number of hydrogen-bond acceptors (Lipinski definition) is 5. The first-order valence-electron chi connectivity index (χ1n) is 8.46. The van der Waals surface area contributed by atoms with Gasteiger partial charge in [0, 0.05) is 23.7 Å². The standard InChI is InChI=1S/C19H21F2N3O3/c1-26-13-5-6-18(27-2)14(8-13)16-9-17(24-23-16)19(25)22-10-11-3-4-12(20)7-15(11)21/h3-8,16-17,23-24H,9-10H2,1-2H3,(H,22,25). The summed E-state index contributed by atoms with van der Waals surface area (Å²) in [4.78, 5) is 12.4. The van der Waals surface area contributed by atoms with Gasteiger partial charge in [0.2, 0.25) is 5.91 Å². The fourth-order valence-corrected chi connectivity index (χ4v) is 3.01. The van der Waals surface area contributed by atoms with Gasteiger partial charge in [-0.3, -0.25) is 4.79 Å². The first kappa shape index (κ1) is 19.1. The molecule has 0 aromatic heterocycles. The third kappa shape index (κ3) is 4.35. The van der Waals surface area contributed by atoms with Crippen molar-refractivity contribution < 1.29 is 23.0 Å². The molecule has 3 N–H and O–H groups in total. The van der Waals surface area contributed by atoms with E-state index in [1.807, 2.05) is 6.07 Å². The summed E-state index contributed by atoms with van der Waals surface area (Å²) in [6.07, 6.45) is 0.473. The van der Waals surface area contributed by atoms with E-state index in [4.69, 9.17) is 9.47 Å². The second kappa shape index (κ2) is 8.32. The van der Waals surface area contributed by atoms with Crippen LogP contribution in [0, 0.1) is 11.6 Å². The number of halogens is 2. The molecule has 0 saturated carbocycles. The van der Waals surface area contributed by atoms with Crippen LogP contribution in [0.4, 0.5) is 8.78 Å². The van der Waals surface area contributed by atoms with Crippen LogP contribution in [0.3, 0.4) is 0 Å². The van der Waals surface area contributed by atoms with Crippen LogP contribution in [0.5, 0.6) is 11.5 Å². The Labute approximate surface area is 155 Å². The summed E-state index contributed by atoms with van der Waals surface area (Å²) in [5.74, 6) is -0.251. The van der Waals surface area contributed by atoms with Crippen LogP contribution in [0.25, 0.3) is 0 Å². The fourth-order valence-electron chi connectivity index (χ4n) is 3.01. The number of amides is 1. The van der Waals surface area contributed by atoms with Crippen LogP contribution in [-0.2, 0) is 11.3 Å². The monoisotopic (exact) mass is 377 g/mol. The van der Waals surface area contributed by atoms with Crippen LogP contribution in [0.15, 0.2) is 36.4 Å². The lowest BCUT2D eigenvalue weighted by molar-refractivity contribution is -0.123. The Hall–Kier alpha value is -2.71. The van der Waals surface area contributed by atoms with Crippen LogP contribution in [0.2, 0.25) is 0 Å².